The number of fused-ring (bicyclic) bond motifs is 1. The number of nitrogens with zero attached hydrogens (tertiary/aromatic N) is 1. The molecular weight excluding hydrogens is 332 g/mol. The summed E-state index contributed by atoms with van der Waals surface area (Å²) in [6, 6.07) is 8.09. The number of benzene rings is 1. The predicted octanol–water partition coefficient (Wildman–Crippen LogP) is 1.44. The van der Waals surface area contributed by atoms with Crippen LogP contribution >= 0.6 is 0 Å². The lowest BCUT2D eigenvalue weighted by Crippen LogP contribution is -2.57. The van der Waals surface area contributed by atoms with Crippen molar-refractivity contribution in [2.45, 2.75) is 38.2 Å². The summed E-state index contributed by atoms with van der Waals surface area (Å²) in [6.45, 7) is 0.932. The van der Waals surface area contributed by atoms with Gasteiger partial charge in [-0.25, -0.2) is 0 Å². The van der Waals surface area contributed by atoms with Gasteiger partial charge < -0.3 is 25.2 Å². The highest BCUT2D eigenvalue weighted by molar-refractivity contribution is 5.85. The third kappa shape index (κ3) is 3.49. The number of piperidine rings is 1. The average Bonchev–Trinajstić information content (AvgIpc) is 3.07. The van der Waals surface area contributed by atoms with Crippen LogP contribution in [-0.4, -0.2) is 63.5 Å². The van der Waals surface area contributed by atoms with Gasteiger partial charge in [0.15, 0.2) is 0 Å². The molecule has 2 atom stereocenters. The Hall–Kier alpha value is -1.89. The van der Waals surface area contributed by atoms with Crippen LogP contribution in [0.3, 0.4) is 0 Å². The van der Waals surface area contributed by atoms with Crippen molar-refractivity contribution in [2.24, 2.45) is 5.41 Å². The van der Waals surface area contributed by atoms with Gasteiger partial charge in [-0.05, 0) is 43.7 Å². The highest BCUT2D eigenvalue weighted by atomic mass is 16.3. The zero-order valence-corrected chi connectivity index (χ0v) is 15.0. The molecule has 1 aromatic carbocycles. The van der Waals surface area contributed by atoms with E-state index in [9.17, 15) is 20.1 Å². The Morgan fingerprint density at radius 3 is 2.77 bits per heavy atom. The summed E-state index contributed by atoms with van der Waals surface area (Å²) >= 11 is 0. The number of aromatic amines is 1. The number of amides is 1. The fraction of sp³-hybridized carbons (Fsp3) is 0.550. The molecule has 142 valence electrons. The van der Waals surface area contributed by atoms with Crippen molar-refractivity contribution in [3.8, 4) is 0 Å². The van der Waals surface area contributed by atoms with Gasteiger partial charge >= 0.3 is 0 Å². The maximum atomic E-state index is 13.1. The second-order valence-electron chi connectivity index (χ2n) is 7.16. The minimum Gasteiger partial charge on any atom is -0.396 e. The van der Waals surface area contributed by atoms with Gasteiger partial charge in [0.1, 0.15) is 0 Å². The lowest BCUT2D eigenvalue weighted by Gasteiger charge is -2.45. The summed E-state index contributed by atoms with van der Waals surface area (Å²) in [7, 11) is 0. The van der Waals surface area contributed by atoms with Crippen molar-refractivity contribution in [1.82, 2.24) is 9.88 Å². The highest BCUT2D eigenvalue weighted by Gasteiger charge is 2.48. The van der Waals surface area contributed by atoms with Crippen molar-refractivity contribution >= 4 is 16.8 Å². The Morgan fingerprint density at radius 2 is 2.00 bits per heavy atom. The van der Waals surface area contributed by atoms with E-state index >= 15 is 0 Å². The number of likely N-dealkylation sites (tertiary alicyclic amines) is 1. The fourth-order valence-corrected chi connectivity index (χ4v) is 4.19. The maximum Gasteiger partial charge on any atom is 0.231 e. The van der Waals surface area contributed by atoms with E-state index in [4.69, 9.17) is 0 Å². The summed E-state index contributed by atoms with van der Waals surface area (Å²) in [5, 5.41) is 30.3. The Morgan fingerprint density at radius 1 is 1.19 bits per heavy atom. The monoisotopic (exact) mass is 360 g/mol. The number of aliphatic hydroxyl groups excluding tert-OH is 3. The van der Waals surface area contributed by atoms with Crippen LogP contribution in [0.25, 0.3) is 10.9 Å². The number of hydrogen-bond acceptors (Lipinski definition) is 4. The van der Waals surface area contributed by atoms with Gasteiger partial charge in [-0.15, -0.1) is 0 Å². The van der Waals surface area contributed by atoms with Gasteiger partial charge in [0.2, 0.25) is 5.91 Å². The number of H-pyrrole nitrogens is 1. The molecule has 1 aliphatic rings. The van der Waals surface area contributed by atoms with Gasteiger partial charge in [-0.3, -0.25) is 4.79 Å². The Kier molecular flexibility index (Phi) is 5.96. The molecule has 26 heavy (non-hydrogen) atoms. The minimum absolute atomic E-state index is 0.0253. The molecule has 3 rings (SSSR count). The van der Waals surface area contributed by atoms with Crippen molar-refractivity contribution in [3.63, 3.8) is 0 Å². The third-order valence-electron chi connectivity index (χ3n) is 5.69. The standard InChI is InChI=1S/C20H28N2O4/c23-12-3-8-20(9-13-24)18(25)7-11-22(19(20)26)10-6-15-14-21-17-5-2-1-4-16(15)17/h1-2,4-5,14,18,21,23-25H,3,6-13H2. The molecule has 1 saturated heterocycles. The maximum absolute atomic E-state index is 13.1. The third-order valence-corrected chi connectivity index (χ3v) is 5.69. The molecule has 2 heterocycles. The van der Waals surface area contributed by atoms with Crippen LogP contribution in [-0.2, 0) is 11.2 Å². The van der Waals surface area contributed by atoms with Gasteiger partial charge in [0, 0.05) is 43.4 Å². The van der Waals surface area contributed by atoms with E-state index in [0.29, 0.717) is 32.4 Å². The lowest BCUT2D eigenvalue weighted by atomic mass is 9.71. The van der Waals surface area contributed by atoms with Crippen LogP contribution in [0.15, 0.2) is 30.5 Å². The summed E-state index contributed by atoms with van der Waals surface area (Å²) in [4.78, 5) is 18.2. The van der Waals surface area contributed by atoms with E-state index in [-0.39, 0.29) is 25.5 Å². The first kappa shape index (κ1) is 18.9. The van der Waals surface area contributed by atoms with Crippen LogP contribution in [0.5, 0.6) is 0 Å². The smallest absolute Gasteiger partial charge is 0.231 e. The normalized spacial score (nSPS) is 23.7. The van der Waals surface area contributed by atoms with Gasteiger partial charge in [0.05, 0.1) is 11.5 Å². The quantitative estimate of drug-likeness (QED) is 0.573. The van der Waals surface area contributed by atoms with E-state index in [1.807, 2.05) is 29.3 Å². The summed E-state index contributed by atoms with van der Waals surface area (Å²) in [5.74, 6) is -0.0985. The molecular formula is C20H28N2O4. The van der Waals surface area contributed by atoms with Crippen molar-refractivity contribution in [1.29, 1.82) is 0 Å². The molecule has 0 aliphatic carbocycles. The number of nitrogens with one attached hydrogen (secondary N) is 1. The Labute approximate surface area is 153 Å². The first-order valence-electron chi connectivity index (χ1n) is 9.36. The predicted molar refractivity (Wildman–Crippen MR) is 99.7 cm³/mol. The number of carbonyl (C=O) groups is 1. The van der Waals surface area contributed by atoms with Gasteiger partial charge in [-0.1, -0.05) is 18.2 Å². The zero-order valence-electron chi connectivity index (χ0n) is 15.0. The molecule has 2 unspecified atom stereocenters. The molecule has 0 spiro atoms. The fourth-order valence-electron chi connectivity index (χ4n) is 4.19. The summed E-state index contributed by atoms with van der Waals surface area (Å²) in [6.07, 6.45) is 3.54. The molecule has 0 bridgehead atoms. The van der Waals surface area contributed by atoms with E-state index in [0.717, 1.165) is 11.9 Å². The van der Waals surface area contributed by atoms with Crippen molar-refractivity contribution in [2.75, 3.05) is 26.3 Å². The second-order valence-corrected chi connectivity index (χ2v) is 7.16. The number of aromatic nitrogens is 1. The number of para-hydroxylation sites is 1. The van der Waals surface area contributed by atoms with Crippen LogP contribution in [0.1, 0.15) is 31.2 Å². The molecule has 4 N–H and O–H groups in total. The molecule has 6 heteroatoms. The zero-order chi connectivity index (χ0) is 18.6. The molecule has 2 aromatic rings. The molecule has 1 amide bonds. The molecule has 1 fully saturated rings. The minimum atomic E-state index is -0.976. The van der Waals surface area contributed by atoms with Crippen molar-refractivity contribution in [3.05, 3.63) is 36.0 Å². The van der Waals surface area contributed by atoms with Crippen LogP contribution < -0.4 is 0 Å². The second kappa shape index (κ2) is 8.20. The Balaban J connectivity index is 1.74. The van der Waals surface area contributed by atoms with Crippen LogP contribution in [0.2, 0.25) is 0 Å². The first-order valence-corrected chi connectivity index (χ1v) is 9.36. The first-order chi connectivity index (χ1) is 12.6. The number of aliphatic hydroxyl groups is 3. The van der Waals surface area contributed by atoms with E-state index in [2.05, 4.69) is 11.1 Å². The molecule has 6 nitrogen and oxygen atoms in total. The number of hydrogen-bond donors (Lipinski definition) is 4. The molecule has 0 saturated carbocycles. The van der Waals surface area contributed by atoms with E-state index in [1.54, 1.807) is 0 Å². The summed E-state index contributed by atoms with van der Waals surface area (Å²) < 4.78 is 0. The molecule has 1 aromatic heterocycles. The average molecular weight is 360 g/mol. The number of carbonyl (C=O) groups excluding carboxylic acids is 1. The largest absolute Gasteiger partial charge is 0.396 e. The van der Waals surface area contributed by atoms with E-state index < -0.39 is 11.5 Å². The van der Waals surface area contributed by atoms with Crippen LogP contribution in [0, 0.1) is 5.41 Å². The lowest BCUT2D eigenvalue weighted by molar-refractivity contribution is -0.160. The molecule has 0 radical (unpaired) electrons. The Bertz CT molecular complexity index is 744. The molecule has 1 aliphatic heterocycles. The topological polar surface area (TPSA) is 96.8 Å². The van der Waals surface area contributed by atoms with E-state index in [1.165, 1.54) is 10.9 Å². The highest BCUT2D eigenvalue weighted by Crippen LogP contribution is 2.39. The van der Waals surface area contributed by atoms with Gasteiger partial charge in [-0.2, -0.15) is 0 Å². The van der Waals surface area contributed by atoms with Gasteiger partial charge in [0.25, 0.3) is 0 Å². The summed E-state index contributed by atoms with van der Waals surface area (Å²) in [5.41, 5.74) is 1.28. The van der Waals surface area contributed by atoms with Crippen molar-refractivity contribution < 1.29 is 20.1 Å². The van der Waals surface area contributed by atoms with Crippen LogP contribution in [0.4, 0.5) is 0 Å². The number of rotatable bonds is 8. The SMILES string of the molecule is O=C1N(CCc2c[nH]c3ccccc23)CCC(O)C1(CCO)CCCO.